The van der Waals surface area contributed by atoms with Crippen molar-refractivity contribution in [1.82, 2.24) is 9.80 Å². The Hall–Kier alpha value is -2.56. The van der Waals surface area contributed by atoms with E-state index in [0.29, 0.717) is 15.7 Å². The van der Waals surface area contributed by atoms with E-state index < -0.39 is 0 Å². The SMILES string of the molecule is CN(C(=O)CN(CC#N)c1ccc(Cl)c(Cl)c1)C(CN1CCCC1)c1ccc(-c2ccsc2)cc1. The number of halogens is 2. The number of thiophene rings is 1. The molecule has 1 unspecified atom stereocenters. The average Bonchev–Trinajstić information content (AvgIpc) is 3.58. The Kier molecular flexibility index (Phi) is 8.69. The van der Waals surface area contributed by atoms with Crippen LogP contribution in [-0.2, 0) is 4.79 Å². The molecule has 1 fully saturated rings. The van der Waals surface area contributed by atoms with Crippen molar-refractivity contribution in [3.05, 3.63) is 74.9 Å². The highest BCUT2D eigenvalue weighted by Gasteiger charge is 2.27. The molecule has 5 nitrogen and oxygen atoms in total. The number of rotatable bonds is 9. The largest absolute Gasteiger partial charge is 0.349 e. The van der Waals surface area contributed by atoms with Gasteiger partial charge in [-0.05, 0) is 77.6 Å². The van der Waals surface area contributed by atoms with Crippen molar-refractivity contribution < 1.29 is 4.79 Å². The van der Waals surface area contributed by atoms with E-state index in [-0.39, 0.29) is 25.0 Å². The molecule has 0 bridgehead atoms. The smallest absolute Gasteiger partial charge is 0.242 e. The zero-order chi connectivity index (χ0) is 24.8. The van der Waals surface area contributed by atoms with Gasteiger partial charge in [0, 0.05) is 19.3 Å². The molecule has 1 aromatic heterocycles. The first-order valence-corrected chi connectivity index (χ1v) is 13.3. The molecule has 0 N–H and O–H groups in total. The van der Waals surface area contributed by atoms with Crippen LogP contribution >= 0.6 is 34.5 Å². The molecule has 35 heavy (non-hydrogen) atoms. The van der Waals surface area contributed by atoms with Crippen LogP contribution < -0.4 is 4.90 Å². The lowest BCUT2D eigenvalue weighted by Gasteiger charge is -2.34. The van der Waals surface area contributed by atoms with Crippen molar-refractivity contribution >= 4 is 46.1 Å². The number of benzene rings is 2. The molecule has 1 atom stereocenters. The molecule has 0 saturated carbocycles. The quantitative estimate of drug-likeness (QED) is 0.305. The molecule has 182 valence electrons. The minimum atomic E-state index is -0.0881. The van der Waals surface area contributed by atoms with Crippen molar-refractivity contribution in [2.75, 3.05) is 44.7 Å². The number of hydrogen-bond acceptors (Lipinski definition) is 5. The third-order valence-corrected chi connectivity index (χ3v) is 7.92. The maximum Gasteiger partial charge on any atom is 0.242 e. The number of carbonyl (C=O) groups excluding carboxylic acids is 1. The minimum absolute atomic E-state index is 0.0579. The van der Waals surface area contributed by atoms with Crippen molar-refractivity contribution in [1.29, 1.82) is 5.26 Å². The molecule has 1 saturated heterocycles. The highest BCUT2D eigenvalue weighted by molar-refractivity contribution is 7.08. The van der Waals surface area contributed by atoms with Crippen LogP contribution in [0, 0.1) is 11.3 Å². The lowest BCUT2D eigenvalue weighted by molar-refractivity contribution is -0.131. The van der Waals surface area contributed by atoms with E-state index in [2.05, 4.69) is 52.1 Å². The van der Waals surface area contributed by atoms with Gasteiger partial charge in [0.05, 0.1) is 28.7 Å². The van der Waals surface area contributed by atoms with Gasteiger partial charge in [0.2, 0.25) is 5.91 Å². The summed E-state index contributed by atoms with van der Waals surface area (Å²) in [5.41, 5.74) is 4.17. The van der Waals surface area contributed by atoms with E-state index in [1.54, 1.807) is 34.4 Å². The molecular formula is C27H28Cl2N4OS. The fraction of sp³-hybridized carbons (Fsp3) is 0.333. The molecule has 3 aromatic rings. The van der Waals surface area contributed by atoms with Gasteiger partial charge in [0.15, 0.2) is 0 Å². The summed E-state index contributed by atoms with van der Waals surface area (Å²) < 4.78 is 0. The zero-order valence-corrected chi connectivity index (χ0v) is 22.0. The van der Waals surface area contributed by atoms with Crippen LogP contribution in [0.15, 0.2) is 59.3 Å². The van der Waals surface area contributed by atoms with Crippen LogP contribution in [0.1, 0.15) is 24.4 Å². The number of nitriles is 1. The number of likely N-dealkylation sites (tertiary alicyclic amines) is 1. The Morgan fingerprint density at radius 2 is 1.83 bits per heavy atom. The number of hydrogen-bond donors (Lipinski definition) is 0. The van der Waals surface area contributed by atoms with Crippen molar-refractivity contribution in [3.63, 3.8) is 0 Å². The first-order valence-electron chi connectivity index (χ1n) is 11.6. The van der Waals surface area contributed by atoms with Gasteiger partial charge < -0.3 is 14.7 Å². The molecule has 2 aromatic carbocycles. The summed E-state index contributed by atoms with van der Waals surface area (Å²) in [6.45, 7) is 3.03. The van der Waals surface area contributed by atoms with Gasteiger partial charge in [-0.25, -0.2) is 0 Å². The molecule has 4 rings (SSSR count). The van der Waals surface area contributed by atoms with Crippen molar-refractivity contribution in [3.8, 4) is 17.2 Å². The van der Waals surface area contributed by atoms with Crippen LogP contribution in [0.5, 0.6) is 0 Å². The van der Waals surface area contributed by atoms with Gasteiger partial charge in [-0.1, -0.05) is 47.5 Å². The molecule has 0 radical (unpaired) electrons. The molecular weight excluding hydrogens is 499 g/mol. The molecule has 1 aliphatic heterocycles. The minimum Gasteiger partial charge on any atom is -0.349 e. The summed E-state index contributed by atoms with van der Waals surface area (Å²) in [4.78, 5) is 19.5. The third kappa shape index (κ3) is 6.36. The van der Waals surface area contributed by atoms with Crippen LogP contribution in [0.25, 0.3) is 11.1 Å². The second-order valence-corrected chi connectivity index (χ2v) is 10.4. The van der Waals surface area contributed by atoms with E-state index in [9.17, 15) is 10.1 Å². The average molecular weight is 528 g/mol. The van der Waals surface area contributed by atoms with Gasteiger partial charge in [0.25, 0.3) is 0 Å². The van der Waals surface area contributed by atoms with Crippen molar-refractivity contribution in [2.24, 2.45) is 0 Å². The monoisotopic (exact) mass is 526 g/mol. The van der Waals surface area contributed by atoms with Crippen LogP contribution in [-0.4, -0.2) is 55.5 Å². The fourth-order valence-corrected chi connectivity index (χ4v) is 5.40. The van der Waals surface area contributed by atoms with Gasteiger partial charge in [0.1, 0.15) is 6.54 Å². The van der Waals surface area contributed by atoms with Gasteiger partial charge in [-0.3, -0.25) is 4.79 Å². The second-order valence-electron chi connectivity index (χ2n) is 8.77. The summed E-state index contributed by atoms with van der Waals surface area (Å²) in [5, 5.41) is 14.4. The summed E-state index contributed by atoms with van der Waals surface area (Å²) >= 11 is 13.9. The first kappa shape index (κ1) is 25.5. The highest BCUT2D eigenvalue weighted by atomic mass is 35.5. The normalized spacial score (nSPS) is 14.5. The lowest BCUT2D eigenvalue weighted by Crippen LogP contribution is -2.43. The second kappa shape index (κ2) is 11.9. The predicted octanol–water partition coefficient (Wildman–Crippen LogP) is 6.35. The van der Waals surface area contributed by atoms with E-state index in [4.69, 9.17) is 23.2 Å². The standard InChI is InChI=1S/C27H28Cl2N4OS/c1-31(27(34)18-33(14-11-30)23-8-9-24(28)25(29)16-23)26(17-32-12-2-3-13-32)21-6-4-20(5-7-21)22-10-15-35-19-22/h4-10,15-16,19,26H,2-3,12-14,17-18H2,1H3. The van der Waals surface area contributed by atoms with Crippen LogP contribution in [0.4, 0.5) is 5.69 Å². The van der Waals surface area contributed by atoms with E-state index in [1.165, 1.54) is 24.0 Å². The molecule has 1 aliphatic rings. The molecule has 8 heteroatoms. The molecule has 0 spiro atoms. The number of nitrogens with zero attached hydrogens (tertiary/aromatic N) is 4. The number of likely N-dealkylation sites (N-methyl/N-ethyl adjacent to an activating group) is 1. The Morgan fingerprint density at radius 1 is 1.09 bits per heavy atom. The fourth-order valence-electron chi connectivity index (χ4n) is 4.44. The zero-order valence-electron chi connectivity index (χ0n) is 19.7. The maximum atomic E-state index is 13.5. The Labute approximate surface area is 221 Å². The number of anilines is 1. The van der Waals surface area contributed by atoms with Gasteiger partial charge in [-0.15, -0.1) is 0 Å². The van der Waals surface area contributed by atoms with E-state index in [0.717, 1.165) is 25.2 Å². The molecule has 0 aliphatic carbocycles. The van der Waals surface area contributed by atoms with E-state index in [1.807, 2.05) is 11.9 Å². The molecule has 1 amide bonds. The summed E-state index contributed by atoms with van der Waals surface area (Å²) in [5.74, 6) is -0.0579. The number of amides is 1. The van der Waals surface area contributed by atoms with Crippen molar-refractivity contribution in [2.45, 2.75) is 18.9 Å². The van der Waals surface area contributed by atoms with Gasteiger partial charge in [-0.2, -0.15) is 16.6 Å². The van der Waals surface area contributed by atoms with Crippen LogP contribution in [0.2, 0.25) is 10.0 Å². The predicted molar refractivity (Wildman–Crippen MR) is 145 cm³/mol. The topological polar surface area (TPSA) is 50.6 Å². The summed E-state index contributed by atoms with van der Waals surface area (Å²) in [6, 6.07) is 17.9. The Balaban J connectivity index is 1.55. The number of carbonyl (C=O) groups is 1. The summed E-state index contributed by atoms with van der Waals surface area (Å²) in [6.07, 6.45) is 2.38. The highest BCUT2D eigenvalue weighted by Crippen LogP contribution is 2.29. The third-order valence-electron chi connectivity index (χ3n) is 6.50. The Morgan fingerprint density at radius 3 is 2.46 bits per heavy atom. The molecule has 2 heterocycles. The lowest BCUT2D eigenvalue weighted by atomic mass is 10.0. The maximum absolute atomic E-state index is 13.5. The van der Waals surface area contributed by atoms with E-state index >= 15 is 0 Å². The van der Waals surface area contributed by atoms with Gasteiger partial charge >= 0.3 is 0 Å². The first-order chi connectivity index (χ1) is 17.0. The Bertz CT molecular complexity index is 1170. The summed E-state index contributed by atoms with van der Waals surface area (Å²) in [7, 11) is 1.86. The van der Waals surface area contributed by atoms with Crippen LogP contribution in [0.3, 0.4) is 0 Å².